The molecule has 0 spiro atoms. The highest BCUT2D eigenvalue weighted by atomic mass is 79.9. The van der Waals surface area contributed by atoms with Gasteiger partial charge < -0.3 is 9.84 Å². The summed E-state index contributed by atoms with van der Waals surface area (Å²) in [5.74, 6) is 0.0489. The molecule has 0 aliphatic carbocycles. The average Bonchev–Trinajstić information content (AvgIpc) is 3.00. The number of carbonyl (C=O) groups is 1. The minimum absolute atomic E-state index is 0.0399. The Morgan fingerprint density at radius 3 is 2.57 bits per heavy atom. The Balaban J connectivity index is 1.61. The first-order valence-electron chi connectivity index (χ1n) is 9.19. The van der Waals surface area contributed by atoms with Crippen LogP contribution in [0.1, 0.15) is 42.8 Å². The van der Waals surface area contributed by atoms with Gasteiger partial charge in [-0.1, -0.05) is 33.2 Å². The average molecular weight is 470 g/mol. The van der Waals surface area contributed by atoms with E-state index in [4.69, 9.17) is 4.52 Å². The zero-order valence-electron chi connectivity index (χ0n) is 16.1. The lowest BCUT2D eigenvalue weighted by molar-refractivity contribution is -0.126. The highest BCUT2D eigenvalue weighted by Crippen LogP contribution is 2.28. The molecule has 1 amide bonds. The Kier molecular flexibility index (Phi) is 6.26. The van der Waals surface area contributed by atoms with Crippen LogP contribution in [-0.4, -0.2) is 36.9 Å². The minimum atomic E-state index is -3.66. The molecule has 1 N–H and O–H groups in total. The van der Waals surface area contributed by atoms with E-state index in [9.17, 15) is 13.2 Å². The molecule has 1 atom stereocenters. The molecule has 9 heteroatoms. The van der Waals surface area contributed by atoms with Crippen LogP contribution in [0.25, 0.3) is 0 Å². The van der Waals surface area contributed by atoms with Gasteiger partial charge in [0.05, 0.1) is 6.04 Å². The molecule has 0 radical (unpaired) electrons. The molecule has 1 aromatic heterocycles. The zero-order valence-corrected chi connectivity index (χ0v) is 18.5. The van der Waals surface area contributed by atoms with Crippen molar-refractivity contribution in [1.29, 1.82) is 0 Å². The molecule has 1 fully saturated rings. The number of nitrogens with zero attached hydrogens (tertiary/aromatic N) is 2. The fraction of sp³-hybridized carbons (Fsp3) is 0.474. The molecule has 1 unspecified atom stereocenters. The van der Waals surface area contributed by atoms with Gasteiger partial charge in [0.15, 0.2) is 5.76 Å². The van der Waals surface area contributed by atoms with Gasteiger partial charge in [-0.2, -0.15) is 4.31 Å². The van der Waals surface area contributed by atoms with Crippen molar-refractivity contribution in [2.24, 2.45) is 5.92 Å². The predicted molar refractivity (Wildman–Crippen MR) is 108 cm³/mol. The molecule has 1 aliphatic rings. The summed E-state index contributed by atoms with van der Waals surface area (Å²) in [5, 5.41) is 6.78. The molecule has 3 rings (SSSR count). The second kappa shape index (κ2) is 8.34. The van der Waals surface area contributed by atoms with E-state index in [2.05, 4.69) is 26.4 Å². The number of aryl methyl sites for hydroxylation is 2. The number of piperidine rings is 1. The van der Waals surface area contributed by atoms with Crippen LogP contribution in [0.4, 0.5) is 0 Å². The van der Waals surface area contributed by atoms with Crippen molar-refractivity contribution in [3.8, 4) is 0 Å². The molecule has 0 saturated carbocycles. The Labute approximate surface area is 173 Å². The number of hydrogen-bond donors (Lipinski definition) is 1. The van der Waals surface area contributed by atoms with Crippen molar-refractivity contribution in [3.05, 3.63) is 45.8 Å². The van der Waals surface area contributed by atoms with E-state index < -0.39 is 10.0 Å². The maximum absolute atomic E-state index is 12.9. The van der Waals surface area contributed by atoms with Crippen molar-refractivity contribution >= 4 is 31.9 Å². The normalized spacial score (nSPS) is 17.4. The Hall–Kier alpha value is -1.71. The van der Waals surface area contributed by atoms with Crippen molar-refractivity contribution in [1.82, 2.24) is 14.8 Å². The van der Waals surface area contributed by atoms with Crippen molar-refractivity contribution in [2.45, 2.75) is 44.6 Å². The van der Waals surface area contributed by atoms with Gasteiger partial charge in [0.1, 0.15) is 10.6 Å². The van der Waals surface area contributed by atoms with E-state index >= 15 is 0 Å². The molecule has 28 heavy (non-hydrogen) atoms. The fourth-order valence-electron chi connectivity index (χ4n) is 3.52. The summed E-state index contributed by atoms with van der Waals surface area (Å²) in [6.45, 7) is 5.76. The van der Waals surface area contributed by atoms with E-state index in [1.807, 2.05) is 31.2 Å². The molecule has 1 aliphatic heterocycles. The lowest BCUT2D eigenvalue weighted by Crippen LogP contribution is -2.43. The molecular weight excluding hydrogens is 446 g/mol. The lowest BCUT2D eigenvalue weighted by atomic mass is 9.96. The van der Waals surface area contributed by atoms with Crippen molar-refractivity contribution < 1.29 is 17.7 Å². The third-order valence-corrected chi connectivity index (χ3v) is 7.73. The highest BCUT2D eigenvalue weighted by molar-refractivity contribution is 9.10. The fourth-order valence-corrected chi connectivity index (χ4v) is 5.70. The van der Waals surface area contributed by atoms with Crippen molar-refractivity contribution in [2.75, 3.05) is 13.1 Å². The molecule has 0 bridgehead atoms. The molecule has 2 heterocycles. The van der Waals surface area contributed by atoms with E-state index in [-0.39, 0.29) is 22.8 Å². The number of aromatic nitrogens is 1. The van der Waals surface area contributed by atoms with Crippen LogP contribution in [0.3, 0.4) is 0 Å². The third-order valence-electron chi connectivity index (χ3n) is 5.10. The Bertz CT molecular complexity index is 946. The number of benzene rings is 1. The van der Waals surface area contributed by atoms with Gasteiger partial charge in [-0.25, -0.2) is 8.42 Å². The van der Waals surface area contributed by atoms with Gasteiger partial charge >= 0.3 is 0 Å². The Morgan fingerprint density at radius 2 is 2.00 bits per heavy atom. The summed E-state index contributed by atoms with van der Waals surface area (Å²) in [6, 6.07) is 7.69. The molecule has 7 nitrogen and oxygen atoms in total. The van der Waals surface area contributed by atoms with Crippen LogP contribution in [0, 0.1) is 19.8 Å². The van der Waals surface area contributed by atoms with E-state index in [0.29, 0.717) is 37.4 Å². The highest BCUT2D eigenvalue weighted by Gasteiger charge is 2.35. The smallest absolute Gasteiger partial charge is 0.248 e. The maximum atomic E-state index is 12.9. The second-order valence-corrected chi connectivity index (χ2v) is 9.91. The second-order valence-electron chi connectivity index (χ2n) is 7.12. The van der Waals surface area contributed by atoms with E-state index in [1.165, 1.54) is 4.31 Å². The van der Waals surface area contributed by atoms with Gasteiger partial charge in [-0.15, -0.1) is 0 Å². The van der Waals surface area contributed by atoms with E-state index in [1.54, 1.807) is 13.8 Å². The van der Waals surface area contributed by atoms with E-state index in [0.717, 1.165) is 10.0 Å². The quantitative estimate of drug-likeness (QED) is 0.724. The number of nitrogens with one attached hydrogen (secondary N) is 1. The summed E-state index contributed by atoms with van der Waals surface area (Å²) in [5.41, 5.74) is 1.38. The summed E-state index contributed by atoms with van der Waals surface area (Å²) >= 11 is 3.44. The standard InChI is InChI=1S/C19H24BrN3O4S/c1-12(16-5-4-6-17(20)11-16)21-19(24)15-7-9-23(10-8-15)28(25,26)18-13(2)22-27-14(18)3/h4-6,11-12,15H,7-10H2,1-3H3,(H,21,24). The lowest BCUT2D eigenvalue weighted by Gasteiger charge is -2.31. The summed E-state index contributed by atoms with van der Waals surface area (Å²) in [6.07, 6.45) is 0.972. The number of carbonyl (C=O) groups excluding carboxylic acids is 1. The molecule has 1 saturated heterocycles. The Morgan fingerprint density at radius 1 is 1.32 bits per heavy atom. The van der Waals surface area contributed by atoms with Crippen LogP contribution in [0.2, 0.25) is 0 Å². The first-order chi connectivity index (χ1) is 13.2. The van der Waals surface area contributed by atoms with Gasteiger partial charge in [-0.05, 0) is 51.3 Å². The number of hydrogen-bond acceptors (Lipinski definition) is 5. The topological polar surface area (TPSA) is 92.5 Å². The molecule has 1 aromatic carbocycles. The number of sulfonamides is 1. The van der Waals surface area contributed by atoms with Crippen molar-refractivity contribution in [3.63, 3.8) is 0 Å². The van der Waals surface area contributed by atoms with Crippen LogP contribution in [0.15, 0.2) is 38.2 Å². The third kappa shape index (κ3) is 4.31. The van der Waals surface area contributed by atoms with Gasteiger partial charge in [0.2, 0.25) is 15.9 Å². The largest absolute Gasteiger partial charge is 0.360 e. The number of halogens is 1. The monoisotopic (exact) mass is 469 g/mol. The zero-order chi connectivity index (χ0) is 20.5. The van der Waals surface area contributed by atoms with Crippen LogP contribution >= 0.6 is 15.9 Å². The van der Waals surface area contributed by atoms with Gasteiger partial charge in [0, 0.05) is 23.5 Å². The number of amides is 1. The van der Waals surface area contributed by atoms with Gasteiger partial charge in [-0.3, -0.25) is 4.79 Å². The van der Waals surface area contributed by atoms with Gasteiger partial charge in [0.25, 0.3) is 0 Å². The molecule has 2 aromatic rings. The minimum Gasteiger partial charge on any atom is -0.360 e. The number of rotatable bonds is 5. The molecule has 152 valence electrons. The molecular formula is C19H24BrN3O4S. The van der Waals surface area contributed by atoms with Crippen LogP contribution < -0.4 is 5.32 Å². The van der Waals surface area contributed by atoms with Crippen LogP contribution in [0.5, 0.6) is 0 Å². The summed E-state index contributed by atoms with van der Waals surface area (Å²) in [4.78, 5) is 12.8. The SMILES string of the molecule is Cc1noc(C)c1S(=O)(=O)N1CCC(C(=O)NC(C)c2cccc(Br)c2)CC1. The first-order valence-corrected chi connectivity index (χ1v) is 11.4. The summed E-state index contributed by atoms with van der Waals surface area (Å²) < 4.78 is 33.1. The maximum Gasteiger partial charge on any atom is 0.248 e. The summed E-state index contributed by atoms with van der Waals surface area (Å²) in [7, 11) is -3.66. The van der Waals surface area contributed by atoms with Crippen LogP contribution in [-0.2, 0) is 14.8 Å². The predicted octanol–water partition coefficient (Wildman–Crippen LogP) is 3.33. The first kappa shape index (κ1) is 21.0.